The highest BCUT2D eigenvalue weighted by molar-refractivity contribution is 5.47. The van der Waals surface area contributed by atoms with Gasteiger partial charge in [0.05, 0.1) is 12.6 Å². The van der Waals surface area contributed by atoms with Crippen LogP contribution in [-0.2, 0) is 4.74 Å². The Balaban J connectivity index is 1.54. The van der Waals surface area contributed by atoms with Crippen molar-refractivity contribution in [3.8, 4) is 0 Å². The smallest absolute Gasteiger partial charge is 0.134 e. The number of aryl methyl sites for hydroxylation is 1. The van der Waals surface area contributed by atoms with Gasteiger partial charge >= 0.3 is 0 Å². The SMILES string of the molecule is Cc1ccc([C@H](O)CNc2cc(N[C@@H]3CCCOC3)ncn2)o1. The first-order valence-electron chi connectivity index (χ1n) is 7.85. The van der Waals surface area contributed by atoms with Crippen LogP contribution in [0.2, 0.25) is 0 Å². The van der Waals surface area contributed by atoms with Crippen molar-refractivity contribution in [3.05, 3.63) is 36.0 Å². The Morgan fingerprint density at radius 3 is 2.96 bits per heavy atom. The minimum Gasteiger partial charge on any atom is -0.464 e. The average Bonchev–Trinajstić information content (AvgIpc) is 3.01. The summed E-state index contributed by atoms with van der Waals surface area (Å²) in [5.41, 5.74) is 0. The molecule has 0 bridgehead atoms. The van der Waals surface area contributed by atoms with E-state index >= 15 is 0 Å². The van der Waals surface area contributed by atoms with Gasteiger partial charge in [-0.25, -0.2) is 9.97 Å². The molecular weight excluding hydrogens is 296 g/mol. The zero-order valence-electron chi connectivity index (χ0n) is 13.2. The third-order valence-electron chi connectivity index (χ3n) is 3.75. The predicted molar refractivity (Wildman–Crippen MR) is 86.4 cm³/mol. The Morgan fingerprint density at radius 1 is 1.35 bits per heavy atom. The molecule has 0 saturated carbocycles. The van der Waals surface area contributed by atoms with Crippen LogP contribution in [0.15, 0.2) is 28.9 Å². The van der Waals surface area contributed by atoms with Gasteiger partial charge in [0.2, 0.25) is 0 Å². The quantitative estimate of drug-likeness (QED) is 0.751. The molecule has 1 aliphatic heterocycles. The van der Waals surface area contributed by atoms with Crippen LogP contribution >= 0.6 is 0 Å². The van der Waals surface area contributed by atoms with Gasteiger partial charge in [-0.3, -0.25) is 0 Å². The molecule has 1 saturated heterocycles. The van der Waals surface area contributed by atoms with Crippen molar-refractivity contribution in [1.29, 1.82) is 0 Å². The third-order valence-corrected chi connectivity index (χ3v) is 3.75. The van der Waals surface area contributed by atoms with Gasteiger partial charge in [-0.05, 0) is 31.9 Å². The second-order valence-electron chi connectivity index (χ2n) is 5.69. The van der Waals surface area contributed by atoms with Crippen LogP contribution < -0.4 is 10.6 Å². The molecule has 0 aliphatic carbocycles. The van der Waals surface area contributed by atoms with Crippen molar-refractivity contribution in [3.63, 3.8) is 0 Å². The number of nitrogens with zero attached hydrogens (tertiary/aromatic N) is 2. The molecule has 3 N–H and O–H groups in total. The molecule has 7 nitrogen and oxygen atoms in total. The first kappa shape index (κ1) is 15.8. The Morgan fingerprint density at radius 2 is 2.22 bits per heavy atom. The molecule has 0 aromatic carbocycles. The molecule has 1 aliphatic rings. The lowest BCUT2D eigenvalue weighted by atomic mass is 10.1. The van der Waals surface area contributed by atoms with Gasteiger partial charge in [-0.1, -0.05) is 0 Å². The van der Waals surface area contributed by atoms with E-state index in [2.05, 4.69) is 20.6 Å². The highest BCUT2D eigenvalue weighted by Crippen LogP contribution is 2.18. The van der Waals surface area contributed by atoms with Gasteiger partial charge in [-0.15, -0.1) is 0 Å². The van der Waals surface area contributed by atoms with Crippen molar-refractivity contribution >= 4 is 11.6 Å². The minimum absolute atomic E-state index is 0.281. The number of aliphatic hydroxyl groups is 1. The molecule has 0 spiro atoms. The van der Waals surface area contributed by atoms with Crippen molar-refractivity contribution in [2.45, 2.75) is 31.9 Å². The largest absolute Gasteiger partial charge is 0.464 e. The average molecular weight is 318 g/mol. The fourth-order valence-corrected chi connectivity index (χ4v) is 2.53. The van der Waals surface area contributed by atoms with E-state index in [4.69, 9.17) is 9.15 Å². The number of rotatable bonds is 6. The number of aliphatic hydroxyl groups excluding tert-OH is 1. The van der Waals surface area contributed by atoms with Gasteiger partial charge in [0.1, 0.15) is 35.6 Å². The Labute approximate surface area is 135 Å². The molecule has 2 aromatic heterocycles. The molecule has 1 fully saturated rings. The van der Waals surface area contributed by atoms with Crippen LogP contribution in [-0.4, -0.2) is 40.9 Å². The second kappa shape index (κ2) is 7.43. The van der Waals surface area contributed by atoms with E-state index in [1.54, 1.807) is 6.07 Å². The molecule has 7 heteroatoms. The van der Waals surface area contributed by atoms with E-state index in [-0.39, 0.29) is 6.04 Å². The summed E-state index contributed by atoms with van der Waals surface area (Å²) in [6.45, 7) is 3.69. The molecule has 2 atom stereocenters. The van der Waals surface area contributed by atoms with Crippen LogP contribution in [0.5, 0.6) is 0 Å². The van der Waals surface area contributed by atoms with E-state index in [1.807, 2.05) is 19.1 Å². The highest BCUT2D eigenvalue weighted by atomic mass is 16.5. The summed E-state index contributed by atoms with van der Waals surface area (Å²) in [4.78, 5) is 8.39. The minimum atomic E-state index is -0.721. The Kier molecular flexibility index (Phi) is 5.09. The number of nitrogens with one attached hydrogen (secondary N) is 2. The molecule has 2 aromatic rings. The van der Waals surface area contributed by atoms with Crippen molar-refractivity contribution in [1.82, 2.24) is 9.97 Å². The molecule has 23 heavy (non-hydrogen) atoms. The van der Waals surface area contributed by atoms with Gasteiger partial charge in [0.15, 0.2) is 0 Å². The number of anilines is 2. The fourth-order valence-electron chi connectivity index (χ4n) is 2.53. The Hall–Kier alpha value is -2.12. The molecule has 0 unspecified atom stereocenters. The predicted octanol–water partition coefficient (Wildman–Crippen LogP) is 2.11. The summed E-state index contributed by atoms with van der Waals surface area (Å²) < 4.78 is 10.9. The fraction of sp³-hybridized carbons (Fsp3) is 0.500. The lowest BCUT2D eigenvalue weighted by molar-refractivity contribution is 0.0875. The number of aromatic nitrogens is 2. The highest BCUT2D eigenvalue weighted by Gasteiger charge is 2.15. The summed E-state index contributed by atoms with van der Waals surface area (Å²) in [5, 5.41) is 16.5. The standard InChI is InChI=1S/C16H22N4O3/c1-11-4-5-14(23-11)13(21)8-17-15-7-16(19-10-18-15)20-12-3-2-6-22-9-12/h4-5,7,10,12-13,21H,2-3,6,8-9H2,1H3,(H2,17,18,19,20)/t12-,13-/m1/s1. The second-order valence-corrected chi connectivity index (χ2v) is 5.69. The van der Waals surface area contributed by atoms with E-state index in [9.17, 15) is 5.11 Å². The van der Waals surface area contributed by atoms with Crippen LogP contribution in [0.3, 0.4) is 0 Å². The normalized spacial score (nSPS) is 19.3. The third kappa shape index (κ3) is 4.43. The number of hydrogen-bond donors (Lipinski definition) is 3. The van der Waals surface area contributed by atoms with Crippen LogP contribution in [0.25, 0.3) is 0 Å². The summed E-state index contributed by atoms with van der Waals surface area (Å²) in [7, 11) is 0. The molecular formula is C16H22N4O3. The summed E-state index contributed by atoms with van der Waals surface area (Å²) in [6.07, 6.45) is 2.91. The van der Waals surface area contributed by atoms with Crippen LogP contribution in [0.4, 0.5) is 11.6 Å². The van der Waals surface area contributed by atoms with Gasteiger partial charge in [0, 0.05) is 19.2 Å². The van der Waals surface area contributed by atoms with Gasteiger partial charge < -0.3 is 24.9 Å². The molecule has 124 valence electrons. The number of hydrogen-bond acceptors (Lipinski definition) is 7. The van der Waals surface area contributed by atoms with Crippen LogP contribution in [0, 0.1) is 6.92 Å². The zero-order chi connectivity index (χ0) is 16.1. The van der Waals surface area contributed by atoms with E-state index in [1.165, 1.54) is 6.33 Å². The van der Waals surface area contributed by atoms with Crippen molar-refractivity contribution < 1.29 is 14.3 Å². The van der Waals surface area contributed by atoms with E-state index in [0.717, 1.165) is 31.0 Å². The maximum atomic E-state index is 10.1. The molecule has 0 amide bonds. The number of furan rings is 1. The van der Waals surface area contributed by atoms with E-state index < -0.39 is 6.10 Å². The molecule has 0 radical (unpaired) electrons. The maximum Gasteiger partial charge on any atom is 0.134 e. The number of ether oxygens (including phenoxy) is 1. The van der Waals surface area contributed by atoms with Gasteiger partial charge in [0.25, 0.3) is 0 Å². The zero-order valence-corrected chi connectivity index (χ0v) is 13.2. The first-order chi connectivity index (χ1) is 11.2. The lowest BCUT2D eigenvalue weighted by Crippen LogP contribution is -2.30. The molecule has 3 rings (SSSR count). The first-order valence-corrected chi connectivity index (χ1v) is 7.85. The summed E-state index contributed by atoms with van der Waals surface area (Å²) in [5.74, 6) is 2.73. The maximum absolute atomic E-state index is 10.1. The Bertz CT molecular complexity index is 625. The lowest BCUT2D eigenvalue weighted by Gasteiger charge is -2.23. The van der Waals surface area contributed by atoms with Crippen molar-refractivity contribution in [2.24, 2.45) is 0 Å². The topological polar surface area (TPSA) is 92.4 Å². The monoisotopic (exact) mass is 318 g/mol. The van der Waals surface area contributed by atoms with Crippen LogP contribution in [0.1, 0.15) is 30.5 Å². The van der Waals surface area contributed by atoms with E-state index in [0.29, 0.717) is 24.7 Å². The molecule has 3 heterocycles. The summed E-state index contributed by atoms with van der Waals surface area (Å²) >= 11 is 0. The summed E-state index contributed by atoms with van der Waals surface area (Å²) in [6, 6.07) is 5.72. The van der Waals surface area contributed by atoms with Gasteiger partial charge in [-0.2, -0.15) is 0 Å². The van der Waals surface area contributed by atoms with Crippen molar-refractivity contribution in [2.75, 3.05) is 30.4 Å².